The summed E-state index contributed by atoms with van der Waals surface area (Å²) in [6.45, 7) is 3.63. The number of hydrogen-bond acceptors (Lipinski definition) is 5. The van der Waals surface area contributed by atoms with Crippen LogP contribution in [0.4, 0.5) is 11.4 Å². The molecule has 0 bridgehead atoms. The highest BCUT2D eigenvalue weighted by molar-refractivity contribution is 5.59. The summed E-state index contributed by atoms with van der Waals surface area (Å²) in [4.78, 5) is 12.4. The van der Waals surface area contributed by atoms with Crippen molar-refractivity contribution >= 4 is 11.4 Å². The molecule has 0 heterocycles. The second kappa shape index (κ2) is 6.80. The third kappa shape index (κ3) is 3.59. The van der Waals surface area contributed by atoms with E-state index in [1.165, 1.54) is 6.07 Å². The summed E-state index contributed by atoms with van der Waals surface area (Å²) >= 11 is 0. The number of nitrogens with zero attached hydrogens (tertiary/aromatic N) is 2. The maximum atomic E-state index is 10.8. The molecular weight excluding hydrogens is 234 g/mol. The zero-order chi connectivity index (χ0) is 13.5. The second-order valence-electron chi connectivity index (χ2n) is 3.91. The van der Waals surface area contributed by atoms with Crippen molar-refractivity contribution in [2.24, 2.45) is 5.73 Å². The van der Waals surface area contributed by atoms with Gasteiger partial charge in [0.1, 0.15) is 0 Å². The van der Waals surface area contributed by atoms with Crippen LogP contribution < -0.4 is 15.4 Å². The Morgan fingerprint density at radius 2 is 2.22 bits per heavy atom. The smallest absolute Gasteiger partial charge is 0.311 e. The van der Waals surface area contributed by atoms with Gasteiger partial charge in [0, 0.05) is 31.4 Å². The summed E-state index contributed by atoms with van der Waals surface area (Å²) in [7, 11) is 1.92. The van der Waals surface area contributed by atoms with E-state index in [0.717, 1.165) is 18.7 Å². The van der Waals surface area contributed by atoms with Gasteiger partial charge in [0.05, 0.1) is 11.5 Å². The Hall–Kier alpha value is -1.82. The lowest BCUT2D eigenvalue weighted by atomic mass is 10.2. The summed E-state index contributed by atoms with van der Waals surface area (Å²) in [6.07, 6.45) is 0.872. The summed E-state index contributed by atoms with van der Waals surface area (Å²) in [5, 5.41) is 10.8. The third-order valence-electron chi connectivity index (χ3n) is 2.58. The van der Waals surface area contributed by atoms with E-state index in [1.54, 1.807) is 19.1 Å². The number of nitro groups is 1. The molecule has 0 unspecified atom stereocenters. The highest BCUT2D eigenvalue weighted by Crippen LogP contribution is 2.31. The van der Waals surface area contributed by atoms with E-state index >= 15 is 0 Å². The first kappa shape index (κ1) is 14.2. The zero-order valence-corrected chi connectivity index (χ0v) is 10.8. The van der Waals surface area contributed by atoms with Crippen LogP contribution in [-0.2, 0) is 0 Å². The summed E-state index contributed by atoms with van der Waals surface area (Å²) in [6, 6.07) is 4.88. The molecule has 0 fully saturated rings. The Labute approximate surface area is 106 Å². The van der Waals surface area contributed by atoms with Crippen LogP contribution in [0.2, 0.25) is 0 Å². The Balaban J connectivity index is 2.95. The van der Waals surface area contributed by atoms with E-state index in [1.807, 2.05) is 11.9 Å². The monoisotopic (exact) mass is 253 g/mol. The number of rotatable bonds is 7. The predicted octanol–water partition coefficient (Wildman–Crippen LogP) is 1.78. The molecule has 18 heavy (non-hydrogen) atoms. The SMILES string of the molecule is CCOc1cc(N(C)CCCN)ccc1[N+](=O)[O-]. The van der Waals surface area contributed by atoms with Crippen molar-refractivity contribution in [1.29, 1.82) is 0 Å². The number of ether oxygens (including phenoxy) is 1. The van der Waals surface area contributed by atoms with Gasteiger partial charge < -0.3 is 15.4 Å². The van der Waals surface area contributed by atoms with Crippen LogP contribution in [0.15, 0.2) is 18.2 Å². The van der Waals surface area contributed by atoms with E-state index < -0.39 is 4.92 Å². The van der Waals surface area contributed by atoms with Crippen molar-refractivity contribution in [1.82, 2.24) is 0 Å². The molecule has 0 atom stereocenters. The van der Waals surface area contributed by atoms with Crippen LogP contribution in [0.3, 0.4) is 0 Å². The lowest BCUT2D eigenvalue weighted by Gasteiger charge is -2.19. The van der Waals surface area contributed by atoms with Crippen molar-refractivity contribution in [3.63, 3.8) is 0 Å². The first-order chi connectivity index (χ1) is 8.60. The lowest BCUT2D eigenvalue weighted by Crippen LogP contribution is -2.21. The molecule has 0 spiro atoms. The van der Waals surface area contributed by atoms with Gasteiger partial charge in [-0.15, -0.1) is 0 Å². The van der Waals surface area contributed by atoms with Gasteiger partial charge in [-0.1, -0.05) is 0 Å². The first-order valence-electron chi connectivity index (χ1n) is 5.92. The highest BCUT2D eigenvalue weighted by Gasteiger charge is 2.16. The van der Waals surface area contributed by atoms with Gasteiger partial charge in [0.15, 0.2) is 5.75 Å². The van der Waals surface area contributed by atoms with Crippen LogP contribution >= 0.6 is 0 Å². The minimum Gasteiger partial charge on any atom is -0.487 e. The molecule has 6 nitrogen and oxygen atoms in total. The number of hydrogen-bond donors (Lipinski definition) is 1. The second-order valence-corrected chi connectivity index (χ2v) is 3.91. The summed E-state index contributed by atoms with van der Waals surface area (Å²) < 4.78 is 5.30. The lowest BCUT2D eigenvalue weighted by molar-refractivity contribution is -0.385. The average Bonchev–Trinajstić information content (AvgIpc) is 2.36. The molecule has 0 aliphatic carbocycles. The Morgan fingerprint density at radius 3 is 2.78 bits per heavy atom. The van der Waals surface area contributed by atoms with E-state index in [9.17, 15) is 10.1 Å². The Kier molecular flexibility index (Phi) is 5.38. The van der Waals surface area contributed by atoms with Gasteiger partial charge in [-0.05, 0) is 26.0 Å². The minimum absolute atomic E-state index is 0.00664. The van der Waals surface area contributed by atoms with Gasteiger partial charge >= 0.3 is 5.69 Å². The molecule has 0 aromatic heterocycles. The van der Waals surface area contributed by atoms with Gasteiger partial charge in [-0.2, -0.15) is 0 Å². The molecule has 0 saturated heterocycles. The highest BCUT2D eigenvalue weighted by atomic mass is 16.6. The molecule has 0 radical (unpaired) electrons. The summed E-state index contributed by atoms with van der Waals surface area (Å²) in [5.74, 6) is 0.305. The topological polar surface area (TPSA) is 81.6 Å². The summed E-state index contributed by atoms with van der Waals surface area (Å²) in [5.41, 5.74) is 6.34. The van der Waals surface area contributed by atoms with Crippen LogP contribution in [-0.4, -0.2) is 31.7 Å². The van der Waals surface area contributed by atoms with Gasteiger partial charge in [0.2, 0.25) is 0 Å². The van der Waals surface area contributed by atoms with Crippen LogP contribution in [0.5, 0.6) is 5.75 Å². The van der Waals surface area contributed by atoms with E-state index in [-0.39, 0.29) is 5.69 Å². The molecule has 1 aromatic rings. The van der Waals surface area contributed by atoms with Gasteiger partial charge in [-0.25, -0.2) is 0 Å². The van der Waals surface area contributed by atoms with E-state index in [0.29, 0.717) is 18.9 Å². The van der Waals surface area contributed by atoms with Crippen molar-refractivity contribution in [3.8, 4) is 5.75 Å². The number of nitro benzene ring substituents is 1. The van der Waals surface area contributed by atoms with Crippen LogP contribution in [0, 0.1) is 10.1 Å². The van der Waals surface area contributed by atoms with Crippen molar-refractivity contribution in [2.75, 3.05) is 31.6 Å². The molecule has 0 aliphatic heterocycles. The number of benzene rings is 1. The molecule has 100 valence electrons. The van der Waals surface area contributed by atoms with Gasteiger partial charge in [-0.3, -0.25) is 10.1 Å². The van der Waals surface area contributed by atoms with Crippen molar-refractivity contribution in [2.45, 2.75) is 13.3 Å². The molecule has 2 N–H and O–H groups in total. The molecule has 6 heteroatoms. The average molecular weight is 253 g/mol. The maximum absolute atomic E-state index is 10.8. The molecule has 0 aliphatic rings. The zero-order valence-electron chi connectivity index (χ0n) is 10.8. The van der Waals surface area contributed by atoms with Crippen LogP contribution in [0.25, 0.3) is 0 Å². The maximum Gasteiger partial charge on any atom is 0.311 e. The minimum atomic E-state index is -0.436. The molecule has 0 saturated carbocycles. The molecule has 1 rings (SSSR count). The van der Waals surface area contributed by atoms with Crippen LogP contribution in [0.1, 0.15) is 13.3 Å². The fraction of sp³-hybridized carbons (Fsp3) is 0.500. The van der Waals surface area contributed by atoms with Gasteiger partial charge in [0.25, 0.3) is 0 Å². The Bertz CT molecular complexity index is 410. The molecule has 0 amide bonds. The molecule has 1 aromatic carbocycles. The quantitative estimate of drug-likeness (QED) is 0.591. The molecular formula is C12H19N3O3. The third-order valence-corrected chi connectivity index (χ3v) is 2.58. The fourth-order valence-electron chi connectivity index (χ4n) is 1.62. The normalized spacial score (nSPS) is 10.2. The van der Waals surface area contributed by atoms with Crippen molar-refractivity contribution in [3.05, 3.63) is 28.3 Å². The van der Waals surface area contributed by atoms with E-state index in [2.05, 4.69) is 0 Å². The fourth-order valence-corrected chi connectivity index (χ4v) is 1.62. The van der Waals surface area contributed by atoms with Crippen molar-refractivity contribution < 1.29 is 9.66 Å². The standard InChI is InChI=1S/C12H19N3O3/c1-3-18-12-9-10(14(2)8-4-7-13)5-6-11(12)15(16)17/h5-6,9H,3-4,7-8,13H2,1-2H3. The number of nitrogens with two attached hydrogens (primary N) is 1. The van der Waals surface area contributed by atoms with E-state index in [4.69, 9.17) is 10.5 Å². The number of anilines is 1. The first-order valence-corrected chi connectivity index (χ1v) is 5.92. The largest absolute Gasteiger partial charge is 0.487 e. The Morgan fingerprint density at radius 1 is 1.50 bits per heavy atom. The predicted molar refractivity (Wildman–Crippen MR) is 71.2 cm³/mol.